The number of rotatable bonds is 8. The van der Waals surface area contributed by atoms with Gasteiger partial charge in [0.15, 0.2) is 0 Å². The molecule has 2 N–H and O–H groups in total. The van der Waals surface area contributed by atoms with Crippen molar-refractivity contribution in [1.82, 2.24) is 15.5 Å². The molecule has 0 amide bonds. The van der Waals surface area contributed by atoms with Crippen LogP contribution in [0.5, 0.6) is 5.75 Å². The third-order valence-electron chi connectivity index (χ3n) is 2.95. The quantitative estimate of drug-likeness (QED) is 0.723. The van der Waals surface area contributed by atoms with E-state index < -0.39 is 0 Å². The molecule has 0 bridgehead atoms. The Morgan fingerprint density at radius 1 is 1.20 bits per heavy atom. The Kier molecular flexibility index (Phi) is 5.55. The number of hydrogen-bond acceptors (Lipinski definition) is 5. The van der Waals surface area contributed by atoms with Crippen LogP contribution in [0.2, 0.25) is 0 Å². The Morgan fingerprint density at radius 2 is 2.05 bits per heavy atom. The van der Waals surface area contributed by atoms with Crippen molar-refractivity contribution in [1.29, 1.82) is 0 Å². The van der Waals surface area contributed by atoms with Crippen LogP contribution >= 0.6 is 0 Å². The first-order valence-electron chi connectivity index (χ1n) is 7.08. The van der Waals surface area contributed by atoms with Crippen LogP contribution in [-0.2, 0) is 12.8 Å². The fourth-order valence-corrected chi connectivity index (χ4v) is 1.97. The maximum Gasteiger partial charge on any atom is 0.220 e. The standard InChI is InChI=1S/C15H21N3O2/c1-2-8-16-9-4-7-14-17-18-15(20-14)11-12-5-3-6-13(19)10-12/h3,5-6,10,16,19H,2,4,7-9,11H2,1H3. The van der Waals surface area contributed by atoms with E-state index in [1.54, 1.807) is 18.2 Å². The van der Waals surface area contributed by atoms with E-state index in [2.05, 4.69) is 22.4 Å². The van der Waals surface area contributed by atoms with Gasteiger partial charge in [0.2, 0.25) is 11.8 Å². The first-order chi connectivity index (χ1) is 9.78. The average molecular weight is 275 g/mol. The molecule has 20 heavy (non-hydrogen) atoms. The molecule has 0 atom stereocenters. The molecule has 1 aromatic heterocycles. The molecule has 108 valence electrons. The molecule has 0 unspecified atom stereocenters. The van der Waals surface area contributed by atoms with Gasteiger partial charge in [-0.25, -0.2) is 0 Å². The molecule has 0 spiro atoms. The molecular weight excluding hydrogens is 254 g/mol. The van der Waals surface area contributed by atoms with Gasteiger partial charge in [-0.15, -0.1) is 10.2 Å². The highest BCUT2D eigenvalue weighted by molar-refractivity contribution is 5.28. The fourth-order valence-electron chi connectivity index (χ4n) is 1.97. The summed E-state index contributed by atoms with van der Waals surface area (Å²) in [5.41, 5.74) is 0.963. The number of aryl methyl sites for hydroxylation is 1. The van der Waals surface area contributed by atoms with Gasteiger partial charge in [0.25, 0.3) is 0 Å². The molecule has 0 saturated carbocycles. The van der Waals surface area contributed by atoms with Crippen LogP contribution in [0, 0.1) is 0 Å². The summed E-state index contributed by atoms with van der Waals surface area (Å²) < 4.78 is 5.60. The number of aromatic hydroxyl groups is 1. The number of phenolic OH excluding ortho intramolecular Hbond substituents is 1. The van der Waals surface area contributed by atoms with Gasteiger partial charge in [0.1, 0.15) is 5.75 Å². The predicted octanol–water partition coefficient (Wildman–Crippen LogP) is 2.30. The summed E-state index contributed by atoms with van der Waals surface area (Å²) in [6.45, 7) is 4.17. The fraction of sp³-hybridized carbons (Fsp3) is 0.467. The summed E-state index contributed by atoms with van der Waals surface area (Å²) in [5.74, 6) is 1.52. The zero-order valence-electron chi connectivity index (χ0n) is 11.8. The van der Waals surface area contributed by atoms with Crippen LogP contribution in [0.25, 0.3) is 0 Å². The van der Waals surface area contributed by atoms with E-state index in [9.17, 15) is 5.11 Å². The van der Waals surface area contributed by atoms with Gasteiger partial charge in [-0.2, -0.15) is 0 Å². The van der Waals surface area contributed by atoms with Crippen LogP contribution in [0.3, 0.4) is 0 Å². The van der Waals surface area contributed by atoms with Gasteiger partial charge in [-0.3, -0.25) is 0 Å². The van der Waals surface area contributed by atoms with E-state index in [0.29, 0.717) is 18.2 Å². The highest BCUT2D eigenvalue weighted by Gasteiger charge is 2.07. The Labute approximate surface area is 119 Å². The van der Waals surface area contributed by atoms with Crippen molar-refractivity contribution in [2.45, 2.75) is 32.6 Å². The lowest BCUT2D eigenvalue weighted by Gasteiger charge is -2.00. The van der Waals surface area contributed by atoms with Gasteiger partial charge in [-0.05, 0) is 43.6 Å². The maximum atomic E-state index is 9.41. The zero-order chi connectivity index (χ0) is 14.2. The van der Waals surface area contributed by atoms with E-state index in [4.69, 9.17) is 4.42 Å². The minimum atomic E-state index is 0.254. The molecule has 2 aromatic rings. The second-order valence-corrected chi connectivity index (χ2v) is 4.79. The maximum absolute atomic E-state index is 9.41. The second kappa shape index (κ2) is 7.65. The molecule has 5 nitrogen and oxygen atoms in total. The van der Waals surface area contributed by atoms with Gasteiger partial charge >= 0.3 is 0 Å². The number of nitrogens with zero attached hydrogens (tertiary/aromatic N) is 2. The second-order valence-electron chi connectivity index (χ2n) is 4.79. The van der Waals surface area contributed by atoms with Crippen LogP contribution in [0.1, 0.15) is 37.1 Å². The molecule has 0 aliphatic heterocycles. The zero-order valence-corrected chi connectivity index (χ0v) is 11.8. The Bertz CT molecular complexity index is 525. The highest BCUT2D eigenvalue weighted by Crippen LogP contribution is 2.14. The SMILES string of the molecule is CCCNCCCc1nnc(Cc2cccc(O)c2)o1. The summed E-state index contributed by atoms with van der Waals surface area (Å²) in [5, 5.41) is 20.8. The van der Waals surface area contributed by atoms with Gasteiger partial charge in [0, 0.05) is 6.42 Å². The molecule has 0 aliphatic rings. The summed E-state index contributed by atoms with van der Waals surface area (Å²) in [4.78, 5) is 0. The van der Waals surface area contributed by atoms with E-state index >= 15 is 0 Å². The summed E-state index contributed by atoms with van der Waals surface area (Å²) in [6.07, 6.45) is 3.49. The highest BCUT2D eigenvalue weighted by atomic mass is 16.4. The molecule has 5 heteroatoms. The molecule has 0 aliphatic carbocycles. The molecule has 1 aromatic carbocycles. The average Bonchev–Trinajstić information content (AvgIpc) is 2.86. The minimum absolute atomic E-state index is 0.254. The van der Waals surface area contributed by atoms with Crippen molar-refractivity contribution in [2.24, 2.45) is 0 Å². The number of aromatic nitrogens is 2. The lowest BCUT2D eigenvalue weighted by molar-refractivity contribution is 0.448. The van der Waals surface area contributed by atoms with E-state index in [1.807, 2.05) is 6.07 Å². The number of hydrogen-bond donors (Lipinski definition) is 2. The number of phenols is 1. The monoisotopic (exact) mass is 275 g/mol. The molecule has 0 radical (unpaired) electrons. The molecular formula is C15H21N3O2. The number of benzene rings is 1. The van der Waals surface area contributed by atoms with E-state index in [0.717, 1.165) is 37.9 Å². The third kappa shape index (κ3) is 4.66. The first kappa shape index (κ1) is 14.5. The Hall–Kier alpha value is -1.88. The molecule has 1 heterocycles. The van der Waals surface area contributed by atoms with Gasteiger partial charge < -0.3 is 14.8 Å². The van der Waals surface area contributed by atoms with Gasteiger partial charge in [0.05, 0.1) is 6.42 Å². The lowest BCUT2D eigenvalue weighted by atomic mass is 10.1. The van der Waals surface area contributed by atoms with Crippen molar-refractivity contribution in [3.05, 3.63) is 41.6 Å². The predicted molar refractivity (Wildman–Crippen MR) is 76.7 cm³/mol. The largest absolute Gasteiger partial charge is 0.508 e. The van der Waals surface area contributed by atoms with Crippen molar-refractivity contribution < 1.29 is 9.52 Å². The summed E-state index contributed by atoms with van der Waals surface area (Å²) in [7, 11) is 0. The third-order valence-corrected chi connectivity index (χ3v) is 2.95. The van der Waals surface area contributed by atoms with E-state index in [1.165, 1.54) is 0 Å². The smallest absolute Gasteiger partial charge is 0.220 e. The lowest BCUT2D eigenvalue weighted by Crippen LogP contribution is -2.16. The van der Waals surface area contributed by atoms with Crippen LogP contribution < -0.4 is 5.32 Å². The van der Waals surface area contributed by atoms with Crippen LogP contribution in [-0.4, -0.2) is 28.4 Å². The Morgan fingerprint density at radius 3 is 2.85 bits per heavy atom. The van der Waals surface area contributed by atoms with Crippen LogP contribution in [0.4, 0.5) is 0 Å². The van der Waals surface area contributed by atoms with Crippen LogP contribution in [0.15, 0.2) is 28.7 Å². The van der Waals surface area contributed by atoms with Crippen molar-refractivity contribution in [3.8, 4) is 5.75 Å². The van der Waals surface area contributed by atoms with Gasteiger partial charge in [-0.1, -0.05) is 19.1 Å². The normalized spacial score (nSPS) is 10.8. The first-order valence-corrected chi connectivity index (χ1v) is 7.08. The summed E-state index contributed by atoms with van der Waals surface area (Å²) >= 11 is 0. The van der Waals surface area contributed by atoms with E-state index in [-0.39, 0.29) is 5.75 Å². The van der Waals surface area contributed by atoms with Crippen molar-refractivity contribution in [3.63, 3.8) is 0 Å². The van der Waals surface area contributed by atoms with Crippen molar-refractivity contribution >= 4 is 0 Å². The topological polar surface area (TPSA) is 71.2 Å². The van der Waals surface area contributed by atoms with Crippen molar-refractivity contribution in [2.75, 3.05) is 13.1 Å². The number of nitrogens with one attached hydrogen (secondary N) is 1. The minimum Gasteiger partial charge on any atom is -0.508 e. The molecule has 2 rings (SSSR count). The summed E-state index contributed by atoms with van der Waals surface area (Å²) in [6, 6.07) is 7.09. The molecule has 0 fully saturated rings. The molecule has 0 saturated heterocycles. The Balaban J connectivity index is 1.80.